The maximum atomic E-state index is 13.1. The maximum absolute atomic E-state index is 13.1. The minimum absolute atomic E-state index is 0.0666. The van der Waals surface area contributed by atoms with Crippen LogP contribution in [0.25, 0.3) is 0 Å². The number of benzene rings is 1. The van der Waals surface area contributed by atoms with Crippen molar-refractivity contribution in [3.05, 3.63) is 17.7 Å². The number of hydrogen-bond acceptors (Lipinski definition) is 5. The van der Waals surface area contributed by atoms with Crippen LogP contribution in [0.4, 0.5) is 5.69 Å². The van der Waals surface area contributed by atoms with Gasteiger partial charge in [-0.25, -0.2) is 0 Å². The lowest BCUT2D eigenvalue weighted by molar-refractivity contribution is -0.114. The molecule has 1 unspecified atom stereocenters. The summed E-state index contributed by atoms with van der Waals surface area (Å²) in [7, 11) is 3.01. The number of methoxy groups -OCH3 is 2. The van der Waals surface area contributed by atoms with Crippen LogP contribution in [0.5, 0.6) is 11.5 Å². The molecular weight excluding hydrogens is 322 g/mol. The molecule has 1 aliphatic rings. The van der Waals surface area contributed by atoms with Crippen molar-refractivity contribution in [3.63, 3.8) is 0 Å². The Hall–Kier alpha value is -2.28. The quantitative estimate of drug-likeness (QED) is 0.786. The van der Waals surface area contributed by atoms with Gasteiger partial charge in [-0.1, -0.05) is 6.92 Å². The van der Waals surface area contributed by atoms with E-state index >= 15 is 0 Å². The van der Waals surface area contributed by atoms with E-state index in [-0.39, 0.29) is 17.9 Å². The van der Waals surface area contributed by atoms with Crippen LogP contribution in [0.15, 0.2) is 12.1 Å². The van der Waals surface area contributed by atoms with Crippen molar-refractivity contribution >= 4 is 17.5 Å². The summed E-state index contributed by atoms with van der Waals surface area (Å²) in [4.78, 5) is 26.5. The highest BCUT2D eigenvalue weighted by Gasteiger charge is 2.28. The van der Waals surface area contributed by atoms with Crippen LogP contribution in [-0.2, 0) is 4.79 Å². The minimum atomic E-state index is -0.240. The zero-order valence-corrected chi connectivity index (χ0v) is 15.3. The summed E-state index contributed by atoms with van der Waals surface area (Å²) in [6.07, 6.45) is 1.83. The molecule has 0 bridgehead atoms. The van der Waals surface area contributed by atoms with E-state index in [1.165, 1.54) is 21.1 Å². The molecule has 2 amide bonds. The summed E-state index contributed by atoms with van der Waals surface area (Å²) in [5.41, 5.74) is 0.903. The molecule has 0 saturated carbocycles. The van der Waals surface area contributed by atoms with Gasteiger partial charge < -0.3 is 25.0 Å². The van der Waals surface area contributed by atoms with Crippen LogP contribution in [-0.4, -0.2) is 56.6 Å². The molecule has 1 heterocycles. The predicted molar refractivity (Wildman–Crippen MR) is 96.5 cm³/mol. The van der Waals surface area contributed by atoms with Gasteiger partial charge in [-0.15, -0.1) is 0 Å². The number of carbonyl (C=O) groups is 2. The largest absolute Gasteiger partial charge is 0.493 e. The van der Waals surface area contributed by atoms with E-state index in [0.29, 0.717) is 29.3 Å². The first-order valence-electron chi connectivity index (χ1n) is 8.57. The lowest BCUT2D eigenvalue weighted by Gasteiger charge is -2.29. The average molecular weight is 349 g/mol. The van der Waals surface area contributed by atoms with Crippen LogP contribution < -0.4 is 20.1 Å². The van der Waals surface area contributed by atoms with Gasteiger partial charge in [-0.3, -0.25) is 9.59 Å². The number of anilines is 1. The van der Waals surface area contributed by atoms with Crippen molar-refractivity contribution in [1.82, 2.24) is 10.2 Å². The molecule has 1 aliphatic heterocycles. The topological polar surface area (TPSA) is 79.9 Å². The molecule has 1 aromatic rings. The number of rotatable bonds is 7. The molecule has 7 heteroatoms. The second-order valence-corrected chi connectivity index (χ2v) is 6.09. The fraction of sp³-hybridized carbons (Fsp3) is 0.556. The number of nitrogens with zero attached hydrogens (tertiary/aromatic N) is 1. The normalized spacial score (nSPS) is 16.4. The van der Waals surface area contributed by atoms with Crippen molar-refractivity contribution < 1.29 is 19.1 Å². The van der Waals surface area contributed by atoms with Crippen molar-refractivity contribution in [3.8, 4) is 11.5 Å². The van der Waals surface area contributed by atoms with Gasteiger partial charge in [0.15, 0.2) is 11.5 Å². The number of carbonyl (C=O) groups excluding carboxylic acids is 2. The summed E-state index contributed by atoms with van der Waals surface area (Å²) in [5, 5.41) is 6.01. The first kappa shape index (κ1) is 19.1. The molecule has 0 aromatic heterocycles. The highest BCUT2D eigenvalue weighted by atomic mass is 16.5. The molecule has 0 radical (unpaired) electrons. The molecule has 25 heavy (non-hydrogen) atoms. The lowest BCUT2D eigenvalue weighted by atomic mass is 10.1. The van der Waals surface area contributed by atoms with Gasteiger partial charge in [0.25, 0.3) is 5.91 Å². The second-order valence-electron chi connectivity index (χ2n) is 6.09. The van der Waals surface area contributed by atoms with Gasteiger partial charge in [0.1, 0.15) is 0 Å². The number of amides is 2. The molecule has 0 aliphatic carbocycles. The van der Waals surface area contributed by atoms with E-state index in [9.17, 15) is 9.59 Å². The van der Waals surface area contributed by atoms with E-state index < -0.39 is 0 Å². The smallest absolute Gasteiger partial charge is 0.254 e. The monoisotopic (exact) mass is 349 g/mol. The van der Waals surface area contributed by atoms with Gasteiger partial charge in [0.2, 0.25) is 5.91 Å². The molecule has 1 atom stereocenters. The van der Waals surface area contributed by atoms with Crippen LogP contribution in [0.1, 0.15) is 37.0 Å². The Morgan fingerprint density at radius 3 is 2.60 bits per heavy atom. The standard InChI is InChI=1S/C18H27N3O4/c1-5-8-21(14-6-7-19-11-14)18(23)13-9-15(20-12(2)22)17(25-4)16(10-13)24-3/h9-10,14,19H,5-8,11H2,1-4H3,(H,20,22). The maximum Gasteiger partial charge on any atom is 0.254 e. The fourth-order valence-corrected chi connectivity index (χ4v) is 3.13. The molecule has 2 N–H and O–H groups in total. The van der Waals surface area contributed by atoms with Crippen molar-refractivity contribution in [2.75, 3.05) is 39.2 Å². The fourth-order valence-electron chi connectivity index (χ4n) is 3.13. The Kier molecular flexibility index (Phi) is 6.64. The van der Waals surface area contributed by atoms with E-state index in [1.807, 2.05) is 4.90 Å². The van der Waals surface area contributed by atoms with Crippen LogP contribution in [0.2, 0.25) is 0 Å². The van der Waals surface area contributed by atoms with E-state index in [4.69, 9.17) is 9.47 Å². The molecule has 1 aromatic carbocycles. The van der Waals surface area contributed by atoms with E-state index in [1.54, 1.807) is 12.1 Å². The van der Waals surface area contributed by atoms with Gasteiger partial charge in [-0.05, 0) is 31.5 Å². The Morgan fingerprint density at radius 2 is 2.08 bits per heavy atom. The molecular formula is C18H27N3O4. The Balaban J connectivity index is 2.41. The molecule has 7 nitrogen and oxygen atoms in total. The molecule has 1 saturated heterocycles. The zero-order chi connectivity index (χ0) is 18.4. The van der Waals surface area contributed by atoms with Gasteiger partial charge >= 0.3 is 0 Å². The second kappa shape index (κ2) is 8.71. The SMILES string of the molecule is CCCN(C(=O)c1cc(NC(C)=O)c(OC)c(OC)c1)C1CCNC1. The van der Waals surface area contributed by atoms with Crippen LogP contribution in [0, 0.1) is 0 Å². The van der Waals surface area contributed by atoms with Crippen molar-refractivity contribution in [2.45, 2.75) is 32.7 Å². The molecule has 2 rings (SSSR count). The summed E-state index contributed by atoms with van der Waals surface area (Å²) < 4.78 is 10.7. The molecule has 1 fully saturated rings. The summed E-state index contributed by atoms with van der Waals surface area (Å²) in [6, 6.07) is 3.50. The number of hydrogen-bond donors (Lipinski definition) is 2. The number of nitrogens with one attached hydrogen (secondary N) is 2. The highest BCUT2D eigenvalue weighted by molar-refractivity contribution is 5.99. The third-order valence-corrected chi connectivity index (χ3v) is 4.24. The summed E-state index contributed by atoms with van der Waals surface area (Å²) >= 11 is 0. The predicted octanol–water partition coefficient (Wildman–Crippen LogP) is 1.88. The van der Waals surface area contributed by atoms with E-state index in [0.717, 1.165) is 25.9 Å². The van der Waals surface area contributed by atoms with E-state index in [2.05, 4.69) is 17.6 Å². The van der Waals surface area contributed by atoms with Crippen LogP contribution in [0.3, 0.4) is 0 Å². The summed E-state index contributed by atoms with van der Waals surface area (Å²) in [6.45, 7) is 5.88. The van der Waals surface area contributed by atoms with Crippen molar-refractivity contribution in [2.24, 2.45) is 0 Å². The highest BCUT2D eigenvalue weighted by Crippen LogP contribution is 2.37. The lowest BCUT2D eigenvalue weighted by Crippen LogP contribution is -2.42. The third kappa shape index (κ3) is 4.42. The zero-order valence-electron chi connectivity index (χ0n) is 15.3. The minimum Gasteiger partial charge on any atom is -0.493 e. The molecule has 138 valence electrons. The van der Waals surface area contributed by atoms with Gasteiger partial charge in [0, 0.05) is 31.6 Å². The first-order valence-corrected chi connectivity index (χ1v) is 8.57. The third-order valence-electron chi connectivity index (χ3n) is 4.24. The van der Waals surface area contributed by atoms with Crippen molar-refractivity contribution in [1.29, 1.82) is 0 Å². The van der Waals surface area contributed by atoms with Gasteiger partial charge in [-0.2, -0.15) is 0 Å². The Bertz CT molecular complexity index is 627. The van der Waals surface area contributed by atoms with Crippen LogP contribution >= 0.6 is 0 Å². The molecule has 0 spiro atoms. The summed E-state index contributed by atoms with van der Waals surface area (Å²) in [5.74, 6) is 0.510. The van der Waals surface area contributed by atoms with Gasteiger partial charge in [0.05, 0.1) is 19.9 Å². The average Bonchev–Trinajstić information content (AvgIpc) is 3.12. The Labute approximate surface area is 148 Å². The Morgan fingerprint density at radius 1 is 1.32 bits per heavy atom. The first-order chi connectivity index (χ1) is 12.0. The number of ether oxygens (including phenoxy) is 2.